The van der Waals surface area contributed by atoms with Crippen molar-refractivity contribution in [3.8, 4) is 0 Å². The normalized spacial score (nSPS) is 14.5. The zero-order chi connectivity index (χ0) is 16.2. The molecule has 103 valence electrons. The first-order valence-electron chi connectivity index (χ1n) is 6.14. The van der Waals surface area contributed by atoms with Crippen LogP contribution in [0.4, 0.5) is 0 Å². The van der Waals surface area contributed by atoms with E-state index < -0.39 is 17.1 Å². The van der Waals surface area contributed by atoms with Gasteiger partial charge >= 0.3 is 0 Å². The van der Waals surface area contributed by atoms with Crippen LogP contribution < -0.4 is 26.2 Å². The van der Waals surface area contributed by atoms with Gasteiger partial charge in [-0.3, -0.25) is 14.4 Å². The fourth-order valence-electron chi connectivity index (χ4n) is 2.53. The largest absolute Gasteiger partial charge is 0.413 e. The molecule has 1 aromatic carbocycles. The van der Waals surface area contributed by atoms with Crippen molar-refractivity contribution in [2.75, 3.05) is 7.11 Å². The van der Waals surface area contributed by atoms with Gasteiger partial charge in [0, 0.05) is 15.8 Å². The van der Waals surface area contributed by atoms with E-state index in [0.29, 0.717) is 21.2 Å². The minimum absolute atomic E-state index is 0.0118. The van der Waals surface area contributed by atoms with E-state index in [1.165, 1.54) is 7.11 Å². The Balaban J connectivity index is 2.87. The number of carbonyl (C=O) groups is 2. The van der Waals surface area contributed by atoms with Crippen molar-refractivity contribution in [1.29, 1.82) is 0 Å². The van der Waals surface area contributed by atoms with Crippen LogP contribution in [0.1, 0.15) is 0 Å². The molecule has 0 atom stereocenters. The predicted molar refractivity (Wildman–Crippen MR) is 83.7 cm³/mol. The maximum absolute atomic E-state index is 12.6. The van der Waals surface area contributed by atoms with E-state index in [-0.39, 0.29) is 15.7 Å². The van der Waals surface area contributed by atoms with Crippen LogP contribution in [0.15, 0.2) is 23.0 Å². The Morgan fingerprint density at radius 1 is 1.00 bits per heavy atom. The maximum atomic E-state index is 12.6. The molecule has 1 heterocycles. The number of nitrogens with zero attached hydrogens (tertiary/aromatic N) is 1. The summed E-state index contributed by atoms with van der Waals surface area (Å²) in [7, 11) is 11.1. The Morgan fingerprint density at radius 3 is 2.27 bits per heavy atom. The van der Waals surface area contributed by atoms with Crippen LogP contribution in [0.2, 0.25) is 0 Å². The zero-order valence-corrected chi connectivity index (χ0v) is 14.3. The van der Waals surface area contributed by atoms with Crippen LogP contribution in [-0.4, -0.2) is 54.1 Å². The summed E-state index contributed by atoms with van der Waals surface area (Å²) >= 11 is 0. The number of ketones is 2. The van der Waals surface area contributed by atoms with Crippen LogP contribution in [0, 0.1) is 0 Å². The van der Waals surface area contributed by atoms with E-state index >= 15 is 0 Å². The van der Waals surface area contributed by atoms with Crippen LogP contribution in [0.3, 0.4) is 0 Å². The highest BCUT2D eigenvalue weighted by Gasteiger charge is 2.27. The number of aromatic nitrogens is 1. The average Bonchev–Trinajstić information content (AvgIpc) is 2.50. The van der Waals surface area contributed by atoms with E-state index in [1.54, 1.807) is 18.2 Å². The van der Waals surface area contributed by atoms with Gasteiger partial charge in [-0.2, -0.15) is 0 Å². The molecule has 0 saturated heterocycles. The molecule has 1 aromatic heterocycles. The number of rotatable bonds is 1. The van der Waals surface area contributed by atoms with Crippen molar-refractivity contribution in [2.24, 2.45) is 0 Å². The lowest BCUT2D eigenvalue weighted by Crippen LogP contribution is -2.53. The Hall–Kier alpha value is -2.04. The number of hydrogen-bond acceptors (Lipinski definition) is 4. The summed E-state index contributed by atoms with van der Waals surface area (Å²) in [5, 5.41) is 2.19. The lowest BCUT2D eigenvalue weighted by molar-refractivity contribution is -0.129. The lowest BCUT2D eigenvalue weighted by Gasteiger charge is -2.16. The van der Waals surface area contributed by atoms with E-state index in [9.17, 15) is 14.4 Å². The van der Waals surface area contributed by atoms with Crippen molar-refractivity contribution in [3.05, 3.63) is 39.1 Å². The molecule has 0 spiro atoms. The number of fused-ring (bicyclic) bond motifs is 3. The van der Waals surface area contributed by atoms with Gasteiger partial charge in [0.05, 0.1) is 36.1 Å². The molecule has 0 N–H and O–H groups in total. The lowest BCUT2D eigenvalue weighted by atomic mass is 10.0. The monoisotopic (exact) mass is 336 g/mol. The second-order valence-corrected chi connectivity index (χ2v) is 6.18. The molecule has 0 saturated carbocycles. The second kappa shape index (κ2) is 5.00. The predicted octanol–water partition coefficient (Wildman–Crippen LogP) is -3.44. The Bertz CT molecular complexity index is 1050. The summed E-state index contributed by atoms with van der Waals surface area (Å²) in [6.07, 6.45) is 0. The van der Waals surface area contributed by atoms with E-state index in [0.717, 1.165) is 4.73 Å². The van der Waals surface area contributed by atoms with E-state index in [4.69, 9.17) is 4.84 Å². The summed E-state index contributed by atoms with van der Waals surface area (Å²) in [6, 6.07) is 5.17. The second-order valence-electron chi connectivity index (χ2n) is 4.64. The molecule has 0 bridgehead atoms. The number of carbonyl (C=O) groups excluding carboxylic acids is 2. The summed E-state index contributed by atoms with van der Waals surface area (Å²) in [4.78, 5) is 41.9. The molecule has 1 aliphatic carbocycles. The highest BCUT2D eigenvalue weighted by Crippen LogP contribution is 2.06. The first kappa shape index (κ1) is 14.9. The third-order valence-corrected chi connectivity index (χ3v) is 4.86. The number of Topliss-reactive ketones (excluding diaryl/α,β-unsaturated/α-hetero) is 2. The Labute approximate surface area is 134 Å². The van der Waals surface area contributed by atoms with Crippen molar-refractivity contribution in [3.63, 3.8) is 0 Å². The maximum Gasteiger partial charge on any atom is 0.291 e. The van der Waals surface area contributed by atoms with E-state index in [1.807, 2.05) is 0 Å². The van der Waals surface area contributed by atoms with Gasteiger partial charge in [0.1, 0.15) is 7.11 Å². The number of pyridine rings is 1. The Kier molecular flexibility index (Phi) is 3.38. The topological polar surface area (TPSA) is 65.4 Å². The van der Waals surface area contributed by atoms with Crippen molar-refractivity contribution < 1.29 is 14.4 Å². The molecule has 2 aromatic rings. The zero-order valence-electron chi connectivity index (χ0n) is 11.3. The smallest absolute Gasteiger partial charge is 0.291 e. The Morgan fingerprint density at radius 2 is 1.64 bits per heavy atom. The summed E-state index contributed by atoms with van der Waals surface area (Å²) in [5.41, 5.74) is -0.431. The van der Waals surface area contributed by atoms with Gasteiger partial charge in [0.15, 0.2) is 0 Å². The van der Waals surface area contributed by atoms with Gasteiger partial charge in [0.2, 0.25) is 11.6 Å². The number of hydrogen-bond donors (Lipinski definition) is 0. The van der Waals surface area contributed by atoms with Gasteiger partial charge in [0.25, 0.3) is 5.56 Å². The van der Waals surface area contributed by atoms with Crippen molar-refractivity contribution >= 4 is 68.6 Å². The molecular weight excluding hydrogens is 330 g/mol. The van der Waals surface area contributed by atoms with Crippen LogP contribution in [0.25, 0.3) is 21.2 Å². The quantitative estimate of drug-likeness (QED) is 0.401. The molecule has 5 nitrogen and oxygen atoms in total. The summed E-state index contributed by atoms with van der Waals surface area (Å²) in [5.74, 6) is -1.43. The van der Waals surface area contributed by atoms with Gasteiger partial charge in [-0.1, -0.05) is 23.4 Å². The van der Waals surface area contributed by atoms with Crippen LogP contribution in [0.5, 0.6) is 0 Å². The standard InChI is InChI=1S/C14H6NO4Si3/c1-19-15-9-8(12(21)10(16)11(17)13(9)22)5-3-2-4-6(20)7(5)14(15)18/h2-4H,1H3. The molecule has 22 heavy (non-hydrogen) atoms. The fraction of sp³-hybridized carbons (Fsp3) is 0.0714. The third kappa shape index (κ3) is 1.77. The first-order chi connectivity index (χ1) is 10.4. The molecule has 0 fully saturated rings. The van der Waals surface area contributed by atoms with Crippen molar-refractivity contribution in [2.45, 2.75) is 0 Å². The minimum atomic E-state index is -0.742. The number of benzene rings is 1. The van der Waals surface area contributed by atoms with Gasteiger partial charge < -0.3 is 4.84 Å². The molecular formula is C14H6NO4Si3. The molecule has 0 aliphatic heterocycles. The molecule has 0 amide bonds. The average molecular weight is 336 g/mol. The highest BCUT2D eigenvalue weighted by molar-refractivity contribution is 6.82. The summed E-state index contributed by atoms with van der Waals surface area (Å²) in [6.45, 7) is 0. The SMILES string of the molecule is COn1c2c(c3cccc([Si])c3c1=O)=C([Si])C(=O)C(=O)C=2[Si]. The van der Waals surface area contributed by atoms with E-state index in [2.05, 4.69) is 30.7 Å². The van der Waals surface area contributed by atoms with Gasteiger partial charge in [-0.05, 0) is 10.6 Å². The fourth-order valence-corrected chi connectivity index (χ4v) is 3.57. The third-order valence-electron chi connectivity index (χ3n) is 3.50. The molecule has 0 unspecified atom stereocenters. The van der Waals surface area contributed by atoms with Crippen molar-refractivity contribution in [1.82, 2.24) is 4.73 Å². The molecule has 8 heteroatoms. The molecule has 9 radical (unpaired) electrons. The van der Waals surface area contributed by atoms with Gasteiger partial charge in [-0.15, -0.1) is 4.73 Å². The van der Waals surface area contributed by atoms with Crippen LogP contribution >= 0.6 is 0 Å². The molecule has 3 rings (SSSR count). The van der Waals surface area contributed by atoms with Gasteiger partial charge in [-0.25, -0.2) is 0 Å². The first-order valence-corrected chi connectivity index (χ1v) is 7.64. The highest BCUT2D eigenvalue weighted by atomic mass is 28.2. The summed E-state index contributed by atoms with van der Waals surface area (Å²) < 4.78 is 0.994. The minimum Gasteiger partial charge on any atom is -0.413 e. The molecule has 1 aliphatic rings. The van der Waals surface area contributed by atoms with Crippen LogP contribution in [-0.2, 0) is 9.59 Å².